The van der Waals surface area contributed by atoms with Gasteiger partial charge in [-0.1, -0.05) is 61.5 Å². The Hall–Kier alpha value is -3.07. The van der Waals surface area contributed by atoms with Gasteiger partial charge in [0.15, 0.2) is 0 Å². The van der Waals surface area contributed by atoms with E-state index in [1.54, 1.807) is 0 Å². The Morgan fingerprint density at radius 1 is 0.962 bits per heavy atom. The van der Waals surface area contributed by atoms with Gasteiger partial charge in [-0.2, -0.15) is 0 Å². The van der Waals surface area contributed by atoms with Crippen LogP contribution in [0.2, 0.25) is 0 Å². The molecule has 0 fully saturated rings. The lowest BCUT2D eigenvalue weighted by Crippen LogP contribution is -2.11. The van der Waals surface area contributed by atoms with Gasteiger partial charge in [0.25, 0.3) is 5.56 Å². The van der Waals surface area contributed by atoms with Crippen LogP contribution >= 0.6 is 0 Å². The second kappa shape index (κ2) is 6.68. The van der Waals surface area contributed by atoms with E-state index < -0.39 is 0 Å². The number of aromatic nitrogens is 2. The van der Waals surface area contributed by atoms with Crippen molar-refractivity contribution in [3.63, 3.8) is 0 Å². The van der Waals surface area contributed by atoms with Crippen molar-refractivity contribution in [3.8, 4) is 11.1 Å². The van der Waals surface area contributed by atoms with Gasteiger partial charge in [0.1, 0.15) is 5.52 Å². The van der Waals surface area contributed by atoms with E-state index in [4.69, 9.17) is 0 Å². The maximum atomic E-state index is 12.3. The largest absolute Gasteiger partial charge is 0.323 e. The maximum Gasteiger partial charge on any atom is 0.272 e. The molecule has 0 aliphatic carbocycles. The number of hydrogen-bond donors (Lipinski definition) is 1. The molecule has 2 heterocycles. The molecule has 4 rings (SSSR count). The quantitative estimate of drug-likeness (QED) is 0.570. The molecule has 0 radical (unpaired) electrons. The molecule has 4 aromatic rings. The number of aromatic amines is 1. The summed E-state index contributed by atoms with van der Waals surface area (Å²) in [4.78, 5) is 15.2. The lowest BCUT2D eigenvalue weighted by Gasteiger charge is -2.12. The number of fused-ring (bicyclic) bond motifs is 1. The molecule has 0 bridgehead atoms. The van der Waals surface area contributed by atoms with E-state index in [1.807, 2.05) is 25.3 Å². The van der Waals surface area contributed by atoms with E-state index in [2.05, 4.69) is 64.8 Å². The average Bonchev–Trinajstić information content (AvgIpc) is 3.01. The molecule has 26 heavy (non-hydrogen) atoms. The van der Waals surface area contributed by atoms with Crippen molar-refractivity contribution in [3.05, 3.63) is 99.7 Å². The Labute approximate surface area is 153 Å². The first-order chi connectivity index (χ1) is 12.7. The topological polar surface area (TPSA) is 37.3 Å². The molecule has 1 N–H and O–H groups in total. The Kier molecular flexibility index (Phi) is 4.21. The molecule has 3 nitrogen and oxygen atoms in total. The van der Waals surface area contributed by atoms with Crippen LogP contribution in [-0.2, 0) is 12.8 Å². The number of rotatable bonds is 4. The molecule has 0 saturated heterocycles. The lowest BCUT2D eigenvalue weighted by molar-refractivity contribution is 0.949. The number of H-pyrrole nitrogens is 1. The van der Waals surface area contributed by atoms with Crippen LogP contribution in [0.4, 0.5) is 0 Å². The van der Waals surface area contributed by atoms with E-state index in [0.717, 1.165) is 24.1 Å². The first-order valence-corrected chi connectivity index (χ1v) is 9.03. The summed E-state index contributed by atoms with van der Waals surface area (Å²) in [5.41, 5.74) is 7.72. The summed E-state index contributed by atoms with van der Waals surface area (Å²) >= 11 is 0. The van der Waals surface area contributed by atoms with E-state index in [9.17, 15) is 4.79 Å². The highest BCUT2D eigenvalue weighted by Gasteiger charge is 2.14. The highest BCUT2D eigenvalue weighted by atomic mass is 16.1. The number of nitrogens with one attached hydrogen (secondary N) is 1. The summed E-state index contributed by atoms with van der Waals surface area (Å²) in [6.45, 7) is 4.07. The normalized spacial score (nSPS) is 11.2. The standard InChI is InChI=1S/C23H22N2O/c1-3-17-13-22-23(26)24-16(2)15-25(22)21(17)14-19-11-7-8-12-20(19)18-9-5-4-6-10-18/h4-13,15H,3,14H2,1-2H3,(H,24,26). The van der Waals surface area contributed by atoms with Crippen molar-refractivity contribution < 1.29 is 0 Å². The van der Waals surface area contributed by atoms with Crippen molar-refractivity contribution >= 4 is 5.52 Å². The SMILES string of the molecule is CCc1cc2c(=O)[nH]c(C)cn2c1Cc1ccccc1-c1ccccc1. The van der Waals surface area contributed by atoms with Crippen LogP contribution in [0.3, 0.4) is 0 Å². The molecule has 0 aliphatic rings. The summed E-state index contributed by atoms with van der Waals surface area (Å²) < 4.78 is 2.06. The Bertz CT molecular complexity index is 1120. The molecule has 0 aliphatic heterocycles. The van der Waals surface area contributed by atoms with E-state index >= 15 is 0 Å². The first-order valence-electron chi connectivity index (χ1n) is 9.03. The van der Waals surface area contributed by atoms with Crippen LogP contribution in [0.25, 0.3) is 16.6 Å². The van der Waals surface area contributed by atoms with Gasteiger partial charge < -0.3 is 9.38 Å². The fraction of sp³-hybridized carbons (Fsp3) is 0.174. The van der Waals surface area contributed by atoms with Crippen LogP contribution in [0.5, 0.6) is 0 Å². The van der Waals surface area contributed by atoms with Crippen molar-refractivity contribution in [1.82, 2.24) is 9.38 Å². The highest BCUT2D eigenvalue weighted by molar-refractivity contribution is 5.68. The van der Waals surface area contributed by atoms with Gasteiger partial charge in [0.2, 0.25) is 0 Å². The monoisotopic (exact) mass is 342 g/mol. The minimum absolute atomic E-state index is 0.0257. The number of aryl methyl sites for hydroxylation is 2. The number of benzene rings is 2. The molecular weight excluding hydrogens is 320 g/mol. The smallest absolute Gasteiger partial charge is 0.272 e. The molecule has 2 aromatic carbocycles. The zero-order chi connectivity index (χ0) is 18.1. The fourth-order valence-corrected chi connectivity index (χ4v) is 3.67. The molecule has 0 spiro atoms. The third-order valence-electron chi connectivity index (χ3n) is 4.94. The summed E-state index contributed by atoms with van der Waals surface area (Å²) in [7, 11) is 0. The van der Waals surface area contributed by atoms with Gasteiger partial charge in [-0.05, 0) is 41.7 Å². The maximum absolute atomic E-state index is 12.3. The van der Waals surface area contributed by atoms with Crippen LogP contribution in [0, 0.1) is 6.92 Å². The summed E-state index contributed by atoms with van der Waals surface area (Å²) in [6.07, 6.45) is 3.73. The lowest BCUT2D eigenvalue weighted by atomic mass is 9.95. The Morgan fingerprint density at radius 3 is 2.46 bits per heavy atom. The number of hydrogen-bond acceptors (Lipinski definition) is 1. The Balaban J connectivity index is 1.88. The number of nitrogens with zero attached hydrogens (tertiary/aromatic N) is 1. The van der Waals surface area contributed by atoms with Gasteiger partial charge in [-0.25, -0.2) is 0 Å². The van der Waals surface area contributed by atoms with Crippen molar-refractivity contribution in [2.75, 3.05) is 0 Å². The van der Waals surface area contributed by atoms with E-state index in [-0.39, 0.29) is 5.56 Å². The molecule has 0 saturated carbocycles. The predicted octanol–water partition coefficient (Wildman–Crippen LogP) is 4.76. The molecule has 3 heteroatoms. The summed E-state index contributed by atoms with van der Waals surface area (Å²) in [6, 6.07) is 21.0. The molecular formula is C23H22N2O. The average molecular weight is 342 g/mol. The highest BCUT2D eigenvalue weighted by Crippen LogP contribution is 2.27. The van der Waals surface area contributed by atoms with Crippen molar-refractivity contribution in [2.24, 2.45) is 0 Å². The zero-order valence-corrected chi connectivity index (χ0v) is 15.1. The van der Waals surface area contributed by atoms with Gasteiger partial charge in [-0.15, -0.1) is 0 Å². The molecule has 0 amide bonds. The van der Waals surface area contributed by atoms with E-state index in [0.29, 0.717) is 0 Å². The third kappa shape index (κ3) is 2.86. The summed E-state index contributed by atoms with van der Waals surface area (Å²) in [5, 5.41) is 0. The second-order valence-corrected chi connectivity index (χ2v) is 6.69. The Morgan fingerprint density at radius 2 is 1.69 bits per heavy atom. The van der Waals surface area contributed by atoms with Crippen molar-refractivity contribution in [2.45, 2.75) is 26.7 Å². The molecule has 0 atom stereocenters. The fourth-order valence-electron chi connectivity index (χ4n) is 3.67. The minimum atomic E-state index is -0.0257. The van der Waals surface area contributed by atoms with Gasteiger partial charge >= 0.3 is 0 Å². The minimum Gasteiger partial charge on any atom is -0.323 e. The second-order valence-electron chi connectivity index (χ2n) is 6.69. The third-order valence-corrected chi connectivity index (χ3v) is 4.94. The zero-order valence-electron chi connectivity index (χ0n) is 15.1. The van der Waals surface area contributed by atoms with Crippen LogP contribution in [-0.4, -0.2) is 9.38 Å². The summed E-state index contributed by atoms with van der Waals surface area (Å²) in [5.74, 6) is 0. The molecule has 130 valence electrons. The van der Waals surface area contributed by atoms with Crippen LogP contribution < -0.4 is 5.56 Å². The van der Waals surface area contributed by atoms with Gasteiger partial charge in [-0.3, -0.25) is 4.79 Å². The van der Waals surface area contributed by atoms with E-state index in [1.165, 1.54) is 27.9 Å². The van der Waals surface area contributed by atoms with Gasteiger partial charge in [0, 0.05) is 24.0 Å². The van der Waals surface area contributed by atoms with Gasteiger partial charge in [0.05, 0.1) is 0 Å². The molecule has 2 aromatic heterocycles. The van der Waals surface area contributed by atoms with Crippen molar-refractivity contribution in [1.29, 1.82) is 0 Å². The van der Waals surface area contributed by atoms with Crippen LogP contribution in [0.15, 0.2) is 71.7 Å². The first kappa shape index (κ1) is 16.4. The molecule has 0 unspecified atom stereocenters. The predicted molar refractivity (Wildman–Crippen MR) is 107 cm³/mol. The van der Waals surface area contributed by atoms with Crippen LogP contribution in [0.1, 0.15) is 29.4 Å².